The van der Waals surface area contributed by atoms with Crippen LogP contribution in [0, 0.1) is 11.6 Å². The first kappa shape index (κ1) is 27.0. The predicted molar refractivity (Wildman–Crippen MR) is 129 cm³/mol. The third kappa shape index (κ3) is 6.08. The molecule has 0 spiro atoms. The highest BCUT2D eigenvalue weighted by molar-refractivity contribution is 6.32. The first-order chi connectivity index (χ1) is 17.4. The lowest BCUT2D eigenvalue weighted by molar-refractivity contribution is -0.135. The van der Waals surface area contributed by atoms with Crippen molar-refractivity contribution in [3.8, 4) is 5.75 Å². The number of nitrogens with one attached hydrogen (secondary N) is 2. The van der Waals surface area contributed by atoms with Gasteiger partial charge in [0.2, 0.25) is 0 Å². The quantitative estimate of drug-likeness (QED) is 0.380. The predicted octanol–water partition coefficient (Wildman–Crippen LogP) is 4.48. The van der Waals surface area contributed by atoms with Crippen molar-refractivity contribution in [3.05, 3.63) is 52.7 Å². The molecule has 2 N–H and O–H groups in total. The summed E-state index contributed by atoms with van der Waals surface area (Å²) in [6.07, 6.45) is 1.85. The second-order valence-corrected chi connectivity index (χ2v) is 10.2. The smallest absolute Gasteiger partial charge is 0.263 e. The SMILES string of the molecule is CC(C)(Oc1cc(F)c(F)cc1Cl)C(=O)N[C@H]1C[C@H]2CC[C@@H](C1)N2c1ccc(C(=O)NCC(F)F)cn1. The van der Waals surface area contributed by atoms with Gasteiger partial charge in [0.25, 0.3) is 18.2 Å². The number of nitrogens with zero attached hydrogens (tertiary/aromatic N) is 2. The van der Waals surface area contributed by atoms with E-state index in [0.29, 0.717) is 18.7 Å². The number of carbonyl (C=O) groups excluding carboxylic acids is 2. The Morgan fingerprint density at radius 2 is 1.81 bits per heavy atom. The van der Waals surface area contributed by atoms with Gasteiger partial charge in [-0.2, -0.15) is 0 Å². The summed E-state index contributed by atoms with van der Waals surface area (Å²) in [4.78, 5) is 31.6. The Balaban J connectivity index is 1.37. The summed E-state index contributed by atoms with van der Waals surface area (Å²) < 4.78 is 57.3. The summed E-state index contributed by atoms with van der Waals surface area (Å²) in [6.45, 7) is 2.32. The Bertz CT molecular complexity index is 1150. The van der Waals surface area contributed by atoms with E-state index in [1.807, 2.05) is 0 Å². The van der Waals surface area contributed by atoms with Gasteiger partial charge in [-0.1, -0.05) is 11.6 Å². The molecule has 2 amide bonds. The van der Waals surface area contributed by atoms with E-state index in [1.54, 1.807) is 12.1 Å². The van der Waals surface area contributed by atoms with Gasteiger partial charge in [0.15, 0.2) is 17.2 Å². The summed E-state index contributed by atoms with van der Waals surface area (Å²) in [5.74, 6) is -2.72. The van der Waals surface area contributed by atoms with Gasteiger partial charge in [-0.05, 0) is 57.7 Å². The molecule has 3 heterocycles. The summed E-state index contributed by atoms with van der Waals surface area (Å²) in [5, 5.41) is 5.02. The summed E-state index contributed by atoms with van der Waals surface area (Å²) in [7, 11) is 0. The Labute approximate surface area is 216 Å². The Morgan fingerprint density at radius 1 is 1.16 bits per heavy atom. The molecule has 12 heteroatoms. The number of ether oxygens (including phenoxy) is 1. The van der Waals surface area contributed by atoms with Crippen LogP contribution < -0.4 is 20.3 Å². The van der Waals surface area contributed by atoms with Crippen molar-refractivity contribution in [1.29, 1.82) is 0 Å². The van der Waals surface area contributed by atoms with Gasteiger partial charge in [-0.25, -0.2) is 22.5 Å². The number of hydrogen-bond donors (Lipinski definition) is 2. The van der Waals surface area contributed by atoms with Crippen LogP contribution in [-0.4, -0.2) is 53.5 Å². The van der Waals surface area contributed by atoms with Crippen molar-refractivity contribution in [2.45, 2.75) is 69.7 Å². The van der Waals surface area contributed by atoms with Crippen LogP contribution in [0.2, 0.25) is 5.02 Å². The number of anilines is 1. The van der Waals surface area contributed by atoms with Gasteiger partial charge in [-0.15, -0.1) is 0 Å². The zero-order valence-electron chi connectivity index (χ0n) is 20.2. The van der Waals surface area contributed by atoms with E-state index >= 15 is 0 Å². The molecule has 2 fully saturated rings. The lowest BCUT2D eigenvalue weighted by atomic mass is 9.96. The fraction of sp³-hybridized carbons (Fsp3) is 0.480. The minimum absolute atomic E-state index is 0.111. The maximum absolute atomic E-state index is 13.6. The molecule has 7 nitrogen and oxygen atoms in total. The van der Waals surface area contributed by atoms with Gasteiger partial charge < -0.3 is 20.3 Å². The highest BCUT2D eigenvalue weighted by Gasteiger charge is 2.43. The monoisotopic (exact) mass is 542 g/mol. The molecule has 2 aromatic rings. The van der Waals surface area contributed by atoms with Crippen LogP contribution in [0.1, 0.15) is 49.9 Å². The van der Waals surface area contributed by atoms with E-state index in [1.165, 1.54) is 20.0 Å². The molecule has 1 aromatic heterocycles. The third-order valence-electron chi connectivity index (χ3n) is 6.65. The molecule has 2 aliphatic heterocycles. The molecular weight excluding hydrogens is 516 g/mol. The number of benzene rings is 1. The van der Waals surface area contributed by atoms with Crippen LogP contribution in [-0.2, 0) is 4.79 Å². The van der Waals surface area contributed by atoms with E-state index in [9.17, 15) is 27.2 Å². The highest BCUT2D eigenvalue weighted by Crippen LogP contribution is 2.39. The minimum Gasteiger partial charge on any atom is -0.476 e. The average Bonchev–Trinajstić information content (AvgIpc) is 3.10. The van der Waals surface area contributed by atoms with Gasteiger partial charge in [0, 0.05) is 30.4 Å². The number of aromatic nitrogens is 1. The molecule has 3 atom stereocenters. The van der Waals surface area contributed by atoms with Crippen molar-refractivity contribution >= 4 is 29.2 Å². The molecule has 4 rings (SSSR count). The fourth-order valence-electron chi connectivity index (χ4n) is 4.88. The summed E-state index contributed by atoms with van der Waals surface area (Å²) in [5.41, 5.74) is -1.20. The fourth-order valence-corrected chi connectivity index (χ4v) is 5.07. The van der Waals surface area contributed by atoms with E-state index in [2.05, 4.69) is 20.5 Å². The first-order valence-corrected chi connectivity index (χ1v) is 12.3. The number of alkyl halides is 2. The Morgan fingerprint density at radius 3 is 2.41 bits per heavy atom. The van der Waals surface area contributed by atoms with E-state index in [4.69, 9.17) is 16.3 Å². The van der Waals surface area contributed by atoms with Crippen molar-refractivity contribution < 1.29 is 31.9 Å². The Hall–Kier alpha value is -3.08. The molecule has 0 saturated carbocycles. The number of piperidine rings is 1. The molecule has 2 saturated heterocycles. The van der Waals surface area contributed by atoms with Crippen molar-refractivity contribution in [2.24, 2.45) is 0 Å². The highest BCUT2D eigenvalue weighted by atomic mass is 35.5. The number of amides is 2. The molecule has 0 aliphatic carbocycles. The van der Waals surface area contributed by atoms with Crippen molar-refractivity contribution in [3.63, 3.8) is 0 Å². The second-order valence-electron chi connectivity index (χ2n) is 9.75. The molecular formula is C25H27ClF4N4O3. The summed E-state index contributed by atoms with van der Waals surface area (Å²) in [6, 6.07) is 4.95. The molecule has 200 valence electrons. The van der Waals surface area contributed by atoms with Crippen LogP contribution >= 0.6 is 11.6 Å². The molecule has 0 radical (unpaired) electrons. The van der Waals surface area contributed by atoms with Crippen molar-refractivity contribution in [1.82, 2.24) is 15.6 Å². The summed E-state index contributed by atoms with van der Waals surface area (Å²) >= 11 is 5.95. The number of rotatable bonds is 8. The largest absolute Gasteiger partial charge is 0.476 e. The van der Waals surface area contributed by atoms with Crippen LogP contribution in [0.3, 0.4) is 0 Å². The van der Waals surface area contributed by atoms with Gasteiger partial charge in [0.1, 0.15) is 11.6 Å². The number of hydrogen-bond acceptors (Lipinski definition) is 5. The normalized spacial score (nSPS) is 21.2. The topological polar surface area (TPSA) is 83.6 Å². The Kier molecular flexibility index (Phi) is 7.82. The van der Waals surface area contributed by atoms with Crippen LogP contribution in [0.4, 0.5) is 23.4 Å². The van der Waals surface area contributed by atoms with Crippen LogP contribution in [0.15, 0.2) is 30.5 Å². The molecule has 2 aliphatic rings. The lowest BCUT2D eigenvalue weighted by Gasteiger charge is -2.40. The number of pyridine rings is 1. The number of fused-ring (bicyclic) bond motifs is 2. The average molecular weight is 543 g/mol. The van der Waals surface area contributed by atoms with Crippen molar-refractivity contribution in [2.75, 3.05) is 11.4 Å². The number of carbonyl (C=O) groups is 2. The minimum atomic E-state index is -2.63. The van der Waals surface area contributed by atoms with Crippen LogP contribution in [0.5, 0.6) is 5.75 Å². The molecule has 37 heavy (non-hydrogen) atoms. The van der Waals surface area contributed by atoms with Gasteiger partial charge >= 0.3 is 0 Å². The standard InChI is InChI=1S/C25H27ClF4N4O3/c1-25(2,37-20-10-19(28)18(27)9-17(20)26)24(36)33-14-7-15-4-5-16(8-14)34(15)22-6-3-13(11-31-22)23(35)32-12-21(29)30/h3,6,9-11,14-16,21H,4-5,7-8,12H2,1-2H3,(H,32,35)(H,33,36)/t14-,15+,16-. The van der Waals surface area contributed by atoms with Crippen LogP contribution in [0.25, 0.3) is 0 Å². The van der Waals surface area contributed by atoms with Gasteiger partial charge in [0.05, 0.1) is 17.1 Å². The second kappa shape index (κ2) is 10.7. The third-order valence-corrected chi connectivity index (χ3v) is 6.94. The lowest BCUT2D eigenvalue weighted by Crippen LogP contribution is -2.55. The zero-order valence-corrected chi connectivity index (χ0v) is 21.0. The molecule has 0 unspecified atom stereocenters. The first-order valence-electron chi connectivity index (χ1n) is 11.9. The van der Waals surface area contributed by atoms with E-state index < -0.39 is 42.0 Å². The van der Waals surface area contributed by atoms with E-state index in [0.717, 1.165) is 25.0 Å². The maximum Gasteiger partial charge on any atom is 0.263 e. The van der Waals surface area contributed by atoms with E-state index in [-0.39, 0.29) is 34.5 Å². The number of halogens is 5. The molecule has 2 bridgehead atoms. The molecule has 1 aromatic carbocycles. The van der Waals surface area contributed by atoms with Gasteiger partial charge in [-0.3, -0.25) is 9.59 Å². The zero-order chi connectivity index (χ0) is 26.9. The maximum atomic E-state index is 13.6.